The molecule has 1 amide bonds. The average molecular weight is 320 g/mol. The highest BCUT2D eigenvalue weighted by Gasteiger charge is 2.29. The number of likely N-dealkylation sites (tertiary alicyclic amines) is 1. The van der Waals surface area contributed by atoms with Crippen LogP contribution in [0.3, 0.4) is 0 Å². The van der Waals surface area contributed by atoms with Gasteiger partial charge in [-0.15, -0.1) is 0 Å². The maximum absolute atomic E-state index is 13.1. The molecule has 1 fully saturated rings. The average Bonchev–Trinajstić information content (AvgIpc) is 3.01. The molecular weight excluding hydrogens is 300 g/mol. The fourth-order valence-electron chi connectivity index (χ4n) is 3.49. The van der Waals surface area contributed by atoms with Gasteiger partial charge in [0.2, 0.25) is 0 Å². The minimum Gasteiger partial charge on any atom is -0.342 e. The van der Waals surface area contributed by atoms with Crippen molar-refractivity contribution in [2.75, 3.05) is 6.54 Å². The number of benzene rings is 1. The minimum absolute atomic E-state index is 0.0617. The van der Waals surface area contributed by atoms with Gasteiger partial charge in [-0.2, -0.15) is 0 Å². The molecule has 122 valence electrons. The molecule has 1 saturated heterocycles. The number of carbonyl (C=O) groups excluding carboxylic acids is 1. The van der Waals surface area contributed by atoms with Crippen LogP contribution in [0.4, 0.5) is 0 Å². The molecule has 1 N–H and O–H groups in total. The Morgan fingerprint density at radius 2 is 2.17 bits per heavy atom. The van der Waals surface area contributed by atoms with Crippen molar-refractivity contribution in [2.45, 2.75) is 32.2 Å². The van der Waals surface area contributed by atoms with Gasteiger partial charge in [0.05, 0.1) is 22.8 Å². The predicted molar refractivity (Wildman–Crippen MR) is 92.7 cm³/mol. The van der Waals surface area contributed by atoms with Crippen LogP contribution in [-0.4, -0.2) is 32.3 Å². The van der Waals surface area contributed by atoms with Crippen molar-refractivity contribution in [3.05, 3.63) is 59.7 Å². The van der Waals surface area contributed by atoms with E-state index >= 15 is 0 Å². The summed E-state index contributed by atoms with van der Waals surface area (Å²) in [4.78, 5) is 27.1. The third kappa shape index (κ3) is 2.66. The molecule has 0 spiro atoms. The highest BCUT2D eigenvalue weighted by atomic mass is 16.2. The molecule has 1 aliphatic rings. The van der Waals surface area contributed by atoms with Gasteiger partial charge in [0.25, 0.3) is 5.91 Å². The third-order valence-corrected chi connectivity index (χ3v) is 4.64. The Kier molecular flexibility index (Phi) is 3.76. The van der Waals surface area contributed by atoms with Crippen molar-refractivity contribution in [3.8, 4) is 0 Å². The van der Waals surface area contributed by atoms with Crippen LogP contribution in [0, 0.1) is 6.92 Å². The molecule has 0 saturated carbocycles. The molecule has 1 aliphatic heterocycles. The van der Waals surface area contributed by atoms with Crippen LogP contribution in [0.25, 0.3) is 11.0 Å². The molecule has 0 unspecified atom stereocenters. The lowest BCUT2D eigenvalue weighted by Gasteiger charge is -2.35. The fraction of sp³-hybridized carbons (Fsp3) is 0.316. The SMILES string of the molecule is Cc1nc2ccc(C(=O)N3CCCC[C@H]3c3ccccn3)cc2[nH]1. The van der Waals surface area contributed by atoms with Crippen LogP contribution < -0.4 is 0 Å². The van der Waals surface area contributed by atoms with Gasteiger partial charge < -0.3 is 9.88 Å². The molecule has 3 heterocycles. The van der Waals surface area contributed by atoms with Crippen molar-refractivity contribution in [1.29, 1.82) is 0 Å². The number of hydrogen-bond donors (Lipinski definition) is 1. The molecule has 24 heavy (non-hydrogen) atoms. The smallest absolute Gasteiger partial charge is 0.254 e. The molecule has 0 radical (unpaired) electrons. The summed E-state index contributed by atoms with van der Waals surface area (Å²) in [5.74, 6) is 0.929. The Balaban J connectivity index is 1.67. The zero-order valence-electron chi connectivity index (χ0n) is 13.7. The van der Waals surface area contributed by atoms with Crippen molar-refractivity contribution >= 4 is 16.9 Å². The minimum atomic E-state index is 0.0617. The molecule has 4 rings (SSSR count). The number of aromatic amines is 1. The van der Waals surface area contributed by atoms with Gasteiger partial charge >= 0.3 is 0 Å². The summed E-state index contributed by atoms with van der Waals surface area (Å²) >= 11 is 0. The first kappa shape index (κ1) is 14.9. The predicted octanol–water partition coefficient (Wildman–Crippen LogP) is 3.63. The molecule has 1 aromatic carbocycles. The molecule has 2 aromatic heterocycles. The van der Waals surface area contributed by atoms with Crippen LogP contribution in [0.5, 0.6) is 0 Å². The van der Waals surface area contributed by atoms with E-state index in [0.717, 1.165) is 48.4 Å². The molecule has 1 atom stereocenters. The maximum Gasteiger partial charge on any atom is 0.254 e. The van der Waals surface area contributed by atoms with Gasteiger partial charge in [-0.1, -0.05) is 6.07 Å². The maximum atomic E-state index is 13.1. The highest BCUT2D eigenvalue weighted by Crippen LogP contribution is 2.31. The molecular formula is C19H20N4O. The summed E-state index contributed by atoms with van der Waals surface area (Å²) in [5, 5.41) is 0. The van der Waals surface area contributed by atoms with E-state index in [0.29, 0.717) is 5.56 Å². The number of aromatic nitrogens is 3. The second-order valence-corrected chi connectivity index (χ2v) is 6.32. The Morgan fingerprint density at radius 3 is 3.00 bits per heavy atom. The van der Waals surface area contributed by atoms with E-state index in [1.165, 1.54) is 0 Å². The summed E-state index contributed by atoms with van der Waals surface area (Å²) in [5.41, 5.74) is 3.48. The number of H-pyrrole nitrogens is 1. The topological polar surface area (TPSA) is 61.9 Å². The van der Waals surface area contributed by atoms with Crippen molar-refractivity contribution < 1.29 is 4.79 Å². The summed E-state index contributed by atoms with van der Waals surface area (Å²) in [7, 11) is 0. The van der Waals surface area contributed by atoms with Gasteiger partial charge in [-0.05, 0) is 56.5 Å². The van der Waals surface area contributed by atoms with E-state index in [4.69, 9.17) is 0 Å². The Hall–Kier alpha value is -2.69. The van der Waals surface area contributed by atoms with E-state index in [9.17, 15) is 4.79 Å². The number of rotatable bonds is 2. The van der Waals surface area contributed by atoms with Gasteiger partial charge in [0.15, 0.2) is 0 Å². The number of nitrogens with zero attached hydrogens (tertiary/aromatic N) is 3. The van der Waals surface area contributed by atoms with Crippen molar-refractivity contribution in [3.63, 3.8) is 0 Å². The first-order valence-corrected chi connectivity index (χ1v) is 8.40. The zero-order chi connectivity index (χ0) is 16.5. The summed E-state index contributed by atoms with van der Waals surface area (Å²) < 4.78 is 0. The molecule has 0 aliphatic carbocycles. The standard InChI is InChI=1S/C19H20N4O/c1-13-21-15-9-8-14(12-17(15)22-13)19(24)23-11-5-3-7-18(23)16-6-2-4-10-20-16/h2,4,6,8-10,12,18H,3,5,7,11H2,1H3,(H,21,22)/t18-/m0/s1. The third-order valence-electron chi connectivity index (χ3n) is 4.64. The van der Waals surface area contributed by atoms with Crippen molar-refractivity contribution in [2.24, 2.45) is 0 Å². The number of amides is 1. The first-order chi connectivity index (χ1) is 11.7. The second kappa shape index (κ2) is 6.07. The number of imidazole rings is 1. The monoisotopic (exact) mass is 320 g/mol. The van der Waals surface area contributed by atoms with E-state index < -0.39 is 0 Å². The largest absolute Gasteiger partial charge is 0.342 e. The normalized spacial score (nSPS) is 18.0. The number of carbonyl (C=O) groups is 1. The summed E-state index contributed by atoms with van der Waals surface area (Å²) in [6, 6.07) is 11.7. The van der Waals surface area contributed by atoms with Crippen LogP contribution in [0.2, 0.25) is 0 Å². The van der Waals surface area contributed by atoms with Gasteiger partial charge in [0.1, 0.15) is 5.82 Å². The lowest BCUT2D eigenvalue weighted by atomic mass is 9.97. The Morgan fingerprint density at radius 1 is 1.25 bits per heavy atom. The second-order valence-electron chi connectivity index (χ2n) is 6.32. The van der Waals surface area contributed by atoms with Gasteiger partial charge in [-0.3, -0.25) is 9.78 Å². The zero-order valence-corrected chi connectivity index (χ0v) is 13.7. The number of hydrogen-bond acceptors (Lipinski definition) is 3. The van der Waals surface area contributed by atoms with Crippen LogP contribution in [0.1, 0.15) is 47.2 Å². The van der Waals surface area contributed by atoms with Crippen molar-refractivity contribution in [1.82, 2.24) is 19.9 Å². The number of pyridine rings is 1. The van der Waals surface area contributed by atoms with E-state index in [1.807, 2.05) is 48.2 Å². The van der Waals surface area contributed by atoms with Crippen LogP contribution >= 0.6 is 0 Å². The molecule has 0 bridgehead atoms. The Labute approximate surface area is 140 Å². The Bertz CT molecular complexity index is 871. The number of fused-ring (bicyclic) bond motifs is 1. The van der Waals surface area contributed by atoms with Gasteiger partial charge in [-0.25, -0.2) is 4.98 Å². The lowest BCUT2D eigenvalue weighted by molar-refractivity contribution is 0.0606. The molecule has 5 nitrogen and oxygen atoms in total. The number of nitrogens with one attached hydrogen (secondary N) is 1. The summed E-state index contributed by atoms with van der Waals surface area (Å²) in [6.45, 7) is 2.70. The van der Waals surface area contributed by atoms with Crippen LogP contribution in [-0.2, 0) is 0 Å². The molecule has 3 aromatic rings. The number of aryl methyl sites for hydroxylation is 1. The van der Waals surface area contributed by atoms with Gasteiger partial charge in [0, 0.05) is 18.3 Å². The highest BCUT2D eigenvalue weighted by molar-refractivity contribution is 5.97. The van der Waals surface area contributed by atoms with E-state index in [1.54, 1.807) is 6.20 Å². The van der Waals surface area contributed by atoms with E-state index in [-0.39, 0.29) is 11.9 Å². The first-order valence-electron chi connectivity index (χ1n) is 8.40. The number of piperidine rings is 1. The molecule has 5 heteroatoms. The summed E-state index contributed by atoms with van der Waals surface area (Å²) in [6.07, 6.45) is 4.93. The quantitative estimate of drug-likeness (QED) is 0.784. The van der Waals surface area contributed by atoms with Crippen LogP contribution in [0.15, 0.2) is 42.6 Å². The fourth-order valence-corrected chi connectivity index (χ4v) is 3.49. The van der Waals surface area contributed by atoms with E-state index in [2.05, 4.69) is 15.0 Å². The lowest BCUT2D eigenvalue weighted by Crippen LogP contribution is -2.38.